The predicted octanol–water partition coefficient (Wildman–Crippen LogP) is 1.79. The topological polar surface area (TPSA) is 66.4 Å². The Morgan fingerprint density at radius 3 is 2.55 bits per heavy atom. The van der Waals surface area contributed by atoms with Crippen LogP contribution >= 0.6 is 0 Å². The summed E-state index contributed by atoms with van der Waals surface area (Å²) in [5.74, 6) is -2.25. The van der Waals surface area contributed by atoms with Crippen molar-refractivity contribution in [1.82, 2.24) is 4.72 Å². The highest BCUT2D eigenvalue weighted by Gasteiger charge is 2.41. The molecule has 1 aromatic carbocycles. The molecular formula is C13H17F2NO3S. The lowest BCUT2D eigenvalue weighted by Crippen LogP contribution is -2.45. The third kappa shape index (κ3) is 2.70. The third-order valence-electron chi connectivity index (χ3n) is 3.93. The summed E-state index contributed by atoms with van der Waals surface area (Å²) in [6.07, 6.45) is 1.95. The molecule has 0 bridgehead atoms. The van der Waals surface area contributed by atoms with E-state index >= 15 is 0 Å². The zero-order valence-electron chi connectivity index (χ0n) is 11.1. The van der Waals surface area contributed by atoms with E-state index in [1.165, 1.54) is 0 Å². The molecular weight excluding hydrogens is 288 g/mol. The van der Waals surface area contributed by atoms with Crippen molar-refractivity contribution in [2.45, 2.75) is 37.1 Å². The van der Waals surface area contributed by atoms with Crippen molar-refractivity contribution in [3.05, 3.63) is 29.8 Å². The van der Waals surface area contributed by atoms with E-state index in [0.717, 1.165) is 24.6 Å². The summed E-state index contributed by atoms with van der Waals surface area (Å²) >= 11 is 0. The van der Waals surface area contributed by atoms with Gasteiger partial charge in [-0.05, 0) is 25.0 Å². The van der Waals surface area contributed by atoms with Gasteiger partial charge in [0.2, 0.25) is 10.0 Å². The second kappa shape index (κ2) is 5.38. The molecule has 1 aliphatic rings. The van der Waals surface area contributed by atoms with Gasteiger partial charge in [0.1, 0.15) is 11.6 Å². The number of halogens is 2. The van der Waals surface area contributed by atoms with Crippen LogP contribution in [-0.4, -0.2) is 26.2 Å². The summed E-state index contributed by atoms with van der Waals surface area (Å²) in [6.45, 7) is 1.57. The lowest BCUT2D eigenvalue weighted by molar-refractivity contribution is 0.127. The Bertz CT molecular complexity index is 585. The van der Waals surface area contributed by atoms with E-state index in [0.29, 0.717) is 12.8 Å². The van der Waals surface area contributed by atoms with Crippen LogP contribution in [0.3, 0.4) is 0 Å². The molecule has 0 radical (unpaired) electrons. The van der Waals surface area contributed by atoms with Gasteiger partial charge in [-0.2, -0.15) is 0 Å². The molecule has 7 heteroatoms. The highest BCUT2D eigenvalue weighted by molar-refractivity contribution is 7.89. The maximum atomic E-state index is 13.6. The van der Waals surface area contributed by atoms with Gasteiger partial charge in [-0.25, -0.2) is 21.9 Å². The molecule has 2 unspecified atom stereocenters. The Hall–Kier alpha value is -1.05. The van der Waals surface area contributed by atoms with Gasteiger partial charge in [-0.3, -0.25) is 0 Å². The second-order valence-corrected chi connectivity index (χ2v) is 7.08. The Balaban J connectivity index is 2.33. The van der Waals surface area contributed by atoms with E-state index in [4.69, 9.17) is 0 Å². The van der Waals surface area contributed by atoms with E-state index in [-0.39, 0.29) is 6.61 Å². The summed E-state index contributed by atoms with van der Waals surface area (Å²) in [5.41, 5.74) is -0.602. The van der Waals surface area contributed by atoms with Crippen LogP contribution in [0.2, 0.25) is 0 Å². The molecule has 2 atom stereocenters. The van der Waals surface area contributed by atoms with E-state index < -0.39 is 38.0 Å². The minimum Gasteiger partial charge on any atom is -0.396 e. The molecule has 2 rings (SSSR count). The number of nitrogens with one attached hydrogen (secondary N) is 1. The first-order chi connectivity index (χ1) is 9.30. The lowest BCUT2D eigenvalue weighted by Gasteiger charge is -2.29. The zero-order valence-corrected chi connectivity index (χ0v) is 11.9. The SMILES string of the molecule is CC1(CO)CCCC1NS(=O)(=O)c1c(F)cccc1F. The van der Waals surface area contributed by atoms with Gasteiger partial charge >= 0.3 is 0 Å². The van der Waals surface area contributed by atoms with E-state index in [1.54, 1.807) is 6.92 Å². The number of hydrogen-bond donors (Lipinski definition) is 2. The fourth-order valence-corrected chi connectivity index (χ4v) is 4.15. The van der Waals surface area contributed by atoms with Gasteiger partial charge in [0, 0.05) is 18.1 Å². The first kappa shape index (κ1) is 15.3. The van der Waals surface area contributed by atoms with Crippen LogP contribution in [0.15, 0.2) is 23.1 Å². The molecule has 4 nitrogen and oxygen atoms in total. The summed E-state index contributed by atoms with van der Waals surface area (Å²) in [6, 6.07) is 2.38. The van der Waals surface area contributed by atoms with Crippen LogP contribution in [0.1, 0.15) is 26.2 Å². The fourth-order valence-electron chi connectivity index (χ4n) is 2.61. The smallest absolute Gasteiger partial charge is 0.246 e. The molecule has 20 heavy (non-hydrogen) atoms. The molecule has 2 N–H and O–H groups in total. The minimum absolute atomic E-state index is 0.181. The van der Waals surface area contributed by atoms with Crippen LogP contribution in [-0.2, 0) is 10.0 Å². The fraction of sp³-hybridized carbons (Fsp3) is 0.538. The van der Waals surface area contributed by atoms with Crippen molar-refractivity contribution in [3.8, 4) is 0 Å². The summed E-state index contributed by atoms with van der Waals surface area (Å²) in [4.78, 5) is -0.966. The third-order valence-corrected chi connectivity index (χ3v) is 5.45. The van der Waals surface area contributed by atoms with Gasteiger partial charge in [-0.15, -0.1) is 0 Å². The quantitative estimate of drug-likeness (QED) is 0.891. The Morgan fingerprint density at radius 2 is 2.00 bits per heavy atom. The van der Waals surface area contributed by atoms with Gasteiger partial charge in [-0.1, -0.05) is 19.4 Å². The molecule has 0 amide bonds. The largest absolute Gasteiger partial charge is 0.396 e. The standard InChI is InChI=1S/C13H17F2NO3S/c1-13(8-17)7-3-6-11(13)16-20(18,19)12-9(14)4-2-5-10(12)15/h2,4-5,11,16-17H,3,6-8H2,1H3. The zero-order chi connectivity index (χ0) is 15.0. The lowest BCUT2D eigenvalue weighted by atomic mass is 9.86. The van der Waals surface area contributed by atoms with Crippen molar-refractivity contribution in [2.75, 3.05) is 6.61 Å². The first-order valence-electron chi connectivity index (χ1n) is 6.37. The van der Waals surface area contributed by atoms with Crippen LogP contribution in [0.5, 0.6) is 0 Å². The highest BCUT2D eigenvalue weighted by Crippen LogP contribution is 2.38. The maximum absolute atomic E-state index is 13.6. The van der Waals surface area contributed by atoms with Gasteiger partial charge in [0.05, 0.1) is 0 Å². The average Bonchev–Trinajstić information content (AvgIpc) is 2.70. The molecule has 0 aliphatic heterocycles. The normalized spacial score (nSPS) is 26.9. The van der Waals surface area contributed by atoms with Crippen LogP contribution in [0.4, 0.5) is 8.78 Å². The highest BCUT2D eigenvalue weighted by atomic mass is 32.2. The molecule has 1 aromatic rings. The van der Waals surface area contributed by atoms with Gasteiger partial charge in [0.15, 0.2) is 4.90 Å². The molecule has 0 aromatic heterocycles. The van der Waals surface area contributed by atoms with Crippen molar-refractivity contribution < 1.29 is 22.3 Å². The second-order valence-electron chi connectivity index (χ2n) is 5.43. The number of aliphatic hydroxyl groups excluding tert-OH is 1. The van der Waals surface area contributed by atoms with Crippen molar-refractivity contribution >= 4 is 10.0 Å². The van der Waals surface area contributed by atoms with E-state index in [2.05, 4.69) is 4.72 Å². The molecule has 112 valence electrons. The number of benzene rings is 1. The molecule has 0 saturated heterocycles. The van der Waals surface area contributed by atoms with Crippen LogP contribution in [0, 0.1) is 17.0 Å². The molecule has 0 spiro atoms. The predicted molar refractivity (Wildman–Crippen MR) is 69.5 cm³/mol. The van der Waals surface area contributed by atoms with Crippen molar-refractivity contribution in [1.29, 1.82) is 0 Å². The Kier molecular flexibility index (Phi) is 4.13. The summed E-state index contributed by atoms with van der Waals surface area (Å²) < 4.78 is 53.8. The van der Waals surface area contributed by atoms with E-state index in [1.807, 2.05) is 0 Å². The minimum atomic E-state index is -4.30. The van der Waals surface area contributed by atoms with Gasteiger partial charge < -0.3 is 5.11 Å². The van der Waals surface area contributed by atoms with Gasteiger partial charge in [0.25, 0.3) is 0 Å². The summed E-state index contributed by atoms with van der Waals surface area (Å²) in [7, 11) is -4.30. The number of rotatable bonds is 4. The summed E-state index contributed by atoms with van der Waals surface area (Å²) in [5, 5.41) is 9.39. The Labute approximate surface area is 116 Å². The molecule has 1 saturated carbocycles. The van der Waals surface area contributed by atoms with E-state index in [9.17, 15) is 22.3 Å². The van der Waals surface area contributed by atoms with Crippen LogP contribution in [0.25, 0.3) is 0 Å². The number of hydrogen-bond acceptors (Lipinski definition) is 3. The van der Waals surface area contributed by atoms with Crippen molar-refractivity contribution in [2.24, 2.45) is 5.41 Å². The maximum Gasteiger partial charge on any atom is 0.246 e. The van der Waals surface area contributed by atoms with Crippen molar-refractivity contribution in [3.63, 3.8) is 0 Å². The van der Waals surface area contributed by atoms with Crippen LogP contribution < -0.4 is 4.72 Å². The Morgan fingerprint density at radius 1 is 1.40 bits per heavy atom. The average molecular weight is 305 g/mol. The molecule has 0 heterocycles. The monoisotopic (exact) mass is 305 g/mol. The molecule has 1 aliphatic carbocycles. The first-order valence-corrected chi connectivity index (χ1v) is 7.86. The molecule has 1 fully saturated rings. The number of sulfonamides is 1. The number of aliphatic hydroxyl groups is 1.